The van der Waals surface area contributed by atoms with Crippen molar-refractivity contribution in [3.8, 4) is 45.5 Å². The highest BCUT2D eigenvalue weighted by Gasteiger charge is 2.58. The second kappa shape index (κ2) is 30.0. The van der Waals surface area contributed by atoms with Crippen molar-refractivity contribution in [2.75, 3.05) is 56.9 Å². The molecule has 5 atom stereocenters. The van der Waals surface area contributed by atoms with Crippen molar-refractivity contribution in [1.29, 1.82) is 0 Å². The van der Waals surface area contributed by atoms with Gasteiger partial charge in [0.15, 0.2) is 40.8 Å². The summed E-state index contributed by atoms with van der Waals surface area (Å²) in [5.74, 6) is -2.30. The maximum absolute atomic E-state index is 14.5. The predicted octanol–water partition coefficient (Wildman–Crippen LogP) is 9.62. The number of ether oxygens (including phenoxy) is 5. The van der Waals surface area contributed by atoms with E-state index in [0.717, 1.165) is 65.9 Å². The number of nitrogens with one attached hydrogen (secondary N) is 2. The van der Waals surface area contributed by atoms with Crippen molar-refractivity contribution in [3.63, 3.8) is 0 Å². The van der Waals surface area contributed by atoms with Crippen LogP contribution in [0.3, 0.4) is 0 Å². The molecule has 1 unspecified atom stereocenters. The zero-order chi connectivity index (χ0) is 72.4. The number of benzene rings is 5. The molecule has 540 valence electrons. The number of hydrogen-bond donors (Lipinski definition) is 3. The van der Waals surface area contributed by atoms with E-state index in [1.165, 1.54) is 13.2 Å². The summed E-state index contributed by atoms with van der Waals surface area (Å²) in [5.41, 5.74) is 7.27. The van der Waals surface area contributed by atoms with Gasteiger partial charge in [0.25, 0.3) is 11.8 Å². The highest BCUT2D eigenvalue weighted by atomic mass is 16.6. The van der Waals surface area contributed by atoms with Gasteiger partial charge in [0.1, 0.15) is 18.1 Å². The first kappa shape index (κ1) is 71.1. The van der Waals surface area contributed by atoms with E-state index in [9.17, 15) is 48.3 Å². The van der Waals surface area contributed by atoms with E-state index in [2.05, 4.69) is 20.9 Å². The summed E-state index contributed by atoms with van der Waals surface area (Å²) in [4.78, 5) is 134. The smallest absolute Gasteiger partial charge is 0.416 e. The van der Waals surface area contributed by atoms with Crippen molar-refractivity contribution in [2.24, 2.45) is 34.7 Å². The van der Waals surface area contributed by atoms with E-state index < -0.39 is 47.9 Å². The molecule has 3 N–H and O–H groups in total. The van der Waals surface area contributed by atoms with Gasteiger partial charge in [0.2, 0.25) is 17.7 Å². The van der Waals surface area contributed by atoms with Crippen LogP contribution in [0.15, 0.2) is 102 Å². The average molecular weight is 1410 g/mol. The SMILES string of the molecule is COc1cc2c(cc1OCCCCCOc1cc3c(cc1OC)C(=O)N1CC4(CC4)C[C@H]1C(O)N3C(=O)OCc1ccc(CC(=O)[C@H](C)NC(=O)[C@@H](CC(=O)CNC(=O)CCC(=O)CCC(=O)N3Cc4ccccc4-c4c(nnn4C)-c4ccccc43)C(C)C)cc1)N=C[C@@H]1CC3(CC3)CN1C2=O. The average Bonchev–Trinajstić information content (AvgIpc) is 1.59. The van der Waals surface area contributed by atoms with E-state index in [1.54, 1.807) is 84.8 Å². The second-order valence-electron chi connectivity index (χ2n) is 29.0. The lowest BCUT2D eigenvalue weighted by Gasteiger charge is -2.31. The first-order chi connectivity index (χ1) is 49.6. The van der Waals surface area contributed by atoms with Crippen LogP contribution in [0.2, 0.25) is 0 Å². The number of para-hydroxylation sites is 1. The number of nitrogens with zero attached hydrogens (tertiary/aromatic N) is 8. The third-order valence-electron chi connectivity index (χ3n) is 21.4. The van der Waals surface area contributed by atoms with Gasteiger partial charge in [-0.3, -0.25) is 43.3 Å². The summed E-state index contributed by atoms with van der Waals surface area (Å²) in [6, 6.07) is 27.0. The van der Waals surface area contributed by atoms with Crippen LogP contribution < -0.4 is 39.4 Å². The molecule has 6 aromatic rings. The topological polar surface area (TPSA) is 300 Å². The molecular weight excluding hydrogens is 1320 g/mol. The minimum Gasteiger partial charge on any atom is -0.493 e. The third kappa shape index (κ3) is 15.3. The van der Waals surface area contributed by atoms with Gasteiger partial charge in [-0.05, 0) is 116 Å². The van der Waals surface area contributed by atoms with Crippen LogP contribution in [0.5, 0.6) is 23.0 Å². The summed E-state index contributed by atoms with van der Waals surface area (Å²) in [5, 5.41) is 26.3. The molecule has 6 amide bonds. The van der Waals surface area contributed by atoms with Gasteiger partial charge < -0.3 is 54.1 Å². The van der Waals surface area contributed by atoms with Crippen LogP contribution in [0.1, 0.15) is 148 Å². The van der Waals surface area contributed by atoms with Gasteiger partial charge in [0.05, 0.1) is 92.5 Å². The zero-order valence-electron chi connectivity index (χ0n) is 59.1. The maximum Gasteiger partial charge on any atom is 0.416 e. The summed E-state index contributed by atoms with van der Waals surface area (Å²) in [7, 11) is 4.84. The van der Waals surface area contributed by atoms with Crippen LogP contribution in [0.25, 0.3) is 22.5 Å². The van der Waals surface area contributed by atoms with E-state index in [0.29, 0.717) is 84.1 Å². The molecule has 1 aromatic heterocycles. The summed E-state index contributed by atoms with van der Waals surface area (Å²) >= 11 is 0. The Morgan fingerprint density at radius 1 is 0.680 bits per heavy atom. The van der Waals surface area contributed by atoms with Crippen molar-refractivity contribution < 1.29 is 71.9 Å². The highest BCUT2D eigenvalue weighted by Crippen LogP contribution is 2.58. The fourth-order valence-corrected chi connectivity index (χ4v) is 15.0. The first-order valence-electron chi connectivity index (χ1n) is 35.7. The van der Waals surface area contributed by atoms with Gasteiger partial charge in [0, 0.05) is 94.1 Å². The van der Waals surface area contributed by atoms with Crippen molar-refractivity contribution in [3.05, 3.63) is 125 Å². The van der Waals surface area contributed by atoms with Crippen LogP contribution in [-0.2, 0) is 60.1 Å². The fourth-order valence-electron chi connectivity index (χ4n) is 15.0. The molecule has 2 aliphatic carbocycles. The monoisotopic (exact) mass is 1400 g/mol. The van der Waals surface area contributed by atoms with Gasteiger partial charge in [-0.1, -0.05) is 85.8 Å². The largest absolute Gasteiger partial charge is 0.493 e. The Balaban J connectivity index is 0.556. The van der Waals surface area contributed by atoms with E-state index >= 15 is 0 Å². The lowest BCUT2D eigenvalue weighted by molar-refractivity contribution is -0.133. The molecule has 25 heteroatoms. The number of rotatable bonds is 28. The Morgan fingerprint density at radius 2 is 1.32 bits per heavy atom. The fraction of sp³-hybridized carbons (Fsp3) is 0.462. The van der Waals surface area contributed by atoms with E-state index in [4.69, 9.17) is 28.7 Å². The van der Waals surface area contributed by atoms with Gasteiger partial charge in [-0.2, -0.15) is 0 Å². The minimum atomic E-state index is -1.46. The molecule has 5 aliphatic heterocycles. The molecule has 103 heavy (non-hydrogen) atoms. The molecule has 25 nitrogen and oxygen atoms in total. The number of carbonyl (C=O) groups excluding carboxylic acids is 9. The molecule has 7 aliphatic rings. The minimum absolute atomic E-state index is 0.0135. The number of Topliss-reactive ketones (excluding diaryl/α,β-unsaturated/α-hetero) is 3. The first-order valence-corrected chi connectivity index (χ1v) is 35.7. The molecule has 4 fully saturated rings. The molecule has 0 bridgehead atoms. The number of anilines is 2. The van der Waals surface area contributed by atoms with E-state index in [-0.39, 0.29) is 140 Å². The summed E-state index contributed by atoms with van der Waals surface area (Å²) < 4.78 is 31.6. The van der Waals surface area contributed by atoms with Gasteiger partial charge in [-0.15, -0.1) is 5.10 Å². The number of aromatic nitrogens is 3. The number of aliphatic imine (C=N–C) groups is 1. The predicted molar refractivity (Wildman–Crippen MR) is 380 cm³/mol. The molecule has 2 spiro atoms. The number of aliphatic hydroxyl groups is 1. The quantitative estimate of drug-likeness (QED) is 0.0385. The molecule has 0 radical (unpaired) electrons. The number of amides is 6. The number of aryl methyl sites for hydroxylation is 1. The Hall–Kier alpha value is -10.3. The molecule has 2 saturated carbocycles. The van der Waals surface area contributed by atoms with Crippen molar-refractivity contribution >= 4 is 76.3 Å². The number of carbonyl (C=O) groups is 9. The Morgan fingerprint density at radius 3 is 2.03 bits per heavy atom. The molecule has 6 heterocycles. The number of methoxy groups -OCH3 is 2. The lowest BCUT2D eigenvalue weighted by atomic mass is 9.89. The highest BCUT2D eigenvalue weighted by molar-refractivity contribution is 6.07. The second-order valence-corrected chi connectivity index (χ2v) is 29.0. The zero-order valence-corrected chi connectivity index (χ0v) is 59.1. The standard InChI is InChI=1S/C78H88N10O15/c1-46(2)56(33-53(90)41-80-68(92)24-22-52(89)23-25-69(93)85-42-50-14-8-9-15-54(50)71-70(82-83-84(71)4)55-16-10-11-17-60(55)85)72(94)81-47(3)63(91)32-48-18-20-49(21-19-48)43-103-76(98)88-61-37-67(65(100-6)35-58(61)74(96)87-45-78(28-29-78)39-62(87)75(88)97)102-31-13-7-12-30-101-66-36-59-57(34-64(66)99-5)73(95)86-44-77(26-27-77)38-51(86)40-79-59/h8-11,14-21,34-37,40,46-47,51,56,62,75,97H,7,12-13,22-33,38-39,41-45H2,1-6H3,(H,80,92)(H,81,94)/t47-,51-,56-,62-,75?/m0/s1. The molecule has 13 rings (SSSR count). The number of aliphatic hydroxyl groups excluding tert-OH is 1. The summed E-state index contributed by atoms with van der Waals surface area (Å²) in [6.07, 6.45) is 6.31. The van der Waals surface area contributed by atoms with Crippen LogP contribution >= 0.6 is 0 Å². The summed E-state index contributed by atoms with van der Waals surface area (Å²) in [6.45, 7) is 6.62. The molecule has 5 aromatic carbocycles. The van der Waals surface area contributed by atoms with Crippen LogP contribution in [-0.4, -0.2) is 161 Å². The Bertz CT molecular complexity index is 4350. The van der Waals surface area contributed by atoms with Crippen molar-refractivity contribution in [1.82, 2.24) is 35.4 Å². The Kier molecular flexibility index (Phi) is 20.7. The normalized spacial score (nSPS) is 18.9. The lowest BCUT2D eigenvalue weighted by Crippen LogP contribution is -2.50. The van der Waals surface area contributed by atoms with E-state index in [1.807, 2.05) is 66.7 Å². The van der Waals surface area contributed by atoms with Crippen molar-refractivity contribution in [2.45, 2.75) is 155 Å². The molecular formula is C78H88N10O15. The maximum atomic E-state index is 14.5. The third-order valence-corrected chi connectivity index (χ3v) is 21.4. The van der Waals surface area contributed by atoms with Gasteiger partial charge in [-0.25, -0.2) is 14.4 Å². The van der Waals surface area contributed by atoms with Crippen LogP contribution in [0.4, 0.5) is 21.9 Å². The molecule has 2 saturated heterocycles. The number of hydrogen-bond acceptors (Lipinski definition) is 18. The van der Waals surface area contributed by atoms with Gasteiger partial charge >= 0.3 is 6.09 Å². The number of ketones is 3. The Labute approximate surface area is 597 Å². The number of fused-ring (bicyclic) bond motifs is 9. The number of unbranched alkanes of at least 4 members (excludes halogenated alkanes) is 2. The van der Waals surface area contributed by atoms with Crippen LogP contribution in [0, 0.1) is 22.7 Å².